The fraction of sp³-hybridized carbons (Fsp3) is 0.600. The number of benzene rings is 1. The van der Waals surface area contributed by atoms with Crippen molar-refractivity contribution < 1.29 is 9.53 Å². The van der Waals surface area contributed by atoms with Gasteiger partial charge >= 0.3 is 0 Å². The maximum absolute atomic E-state index is 12.4. The third kappa shape index (κ3) is 4.62. The molecule has 0 radical (unpaired) electrons. The molecule has 142 valence electrons. The number of aryl methyl sites for hydroxylation is 2. The van der Waals surface area contributed by atoms with Crippen molar-refractivity contribution in [1.82, 2.24) is 20.0 Å². The summed E-state index contributed by atoms with van der Waals surface area (Å²) in [5, 5.41) is 8.70. The van der Waals surface area contributed by atoms with E-state index < -0.39 is 0 Å². The molecule has 0 saturated carbocycles. The van der Waals surface area contributed by atoms with E-state index in [4.69, 9.17) is 4.74 Å². The zero-order chi connectivity index (χ0) is 18.6. The Balaban J connectivity index is 1.55. The van der Waals surface area contributed by atoms with E-state index in [9.17, 15) is 4.79 Å². The van der Waals surface area contributed by atoms with Gasteiger partial charge in [0.05, 0.1) is 18.3 Å². The molecule has 2 aromatic rings. The van der Waals surface area contributed by atoms with Gasteiger partial charge in [-0.1, -0.05) is 12.1 Å². The van der Waals surface area contributed by atoms with Crippen LogP contribution >= 0.6 is 0 Å². The molecular weight excluding hydrogens is 328 g/mol. The summed E-state index contributed by atoms with van der Waals surface area (Å²) in [6.07, 6.45) is 4.29. The predicted molar refractivity (Wildman–Crippen MR) is 103 cm³/mol. The minimum atomic E-state index is 0.0888. The first kappa shape index (κ1) is 18.9. The number of fused-ring (bicyclic) bond motifs is 1. The van der Waals surface area contributed by atoms with Crippen molar-refractivity contribution >= 4 is 16.8 Å². The van der Waals surface area contributed by atoms with Crippen LogP contribution in [0.15, 0.2) is 24.4 Å². The van der Waals surface area contributed by atoms with Gasteiger partial charge in [0.25, 0.3) is 0 Å². The van der Waals surface area contributed by atoms with E-state index in [2.05, 4.69) is 54.5 Å². The Morgan fingerprint density at radius 3 is 2.85 bits per heavy atom. The second-order valence-electron chi connectivity index (χ2n) is 7.81. The van der Waals surface area contributed by atoms with E-state index in [1.54, 1.807) is 0 Å². The Morgan fingerprint density at radius 2 is 2.12 bits per heavy atom. The van der Waals surface area contributed by atoms with Crippen LogP contribution in [-0.4, -0.2) is 61.0 Å². The summed E-state index contributed by atoms with van der Waals surface area (Å²) in [6.45, 7) is 5.92. The Hall–Kier alpha value is -1.92. The second-order valence-corrected chi connectivity index (χ2v) is 7.81. The van der Waals surface area contributed by atoms with Crippen LogP contribution in [0.5, 0.6) is 0 Å². The summed E-state index contributed by atoms with van der Waals surface area (Å²) in [6, 6.07) is 6.28. The Morgan fingerprint density at radius 1 is 1.35 bits per heavy atom. The predicted octanol–water partition coefficient (Wildman–Crippen LogP) is 2.21. The number of nitrogens with one attached hydrogen (secondary N) is 1. The number of carbonyl (C=O) groups is 1. The maximum atomic E-state index is 12.4. The van der Waals surface area contributed by atoms with E-state index in [-0.39, 0.29) is 11.3 Å². The minimum absolute atomic E-state index is 0.0888. The Labute approximate surface area is 155 Å². The largest absolute Gasteiger partial charge is 0.381 e. The average Bonchev–Trinajstić information content (AvgIpc) is 3.00. The highest BCUT2D eigenvalue weighted by Gasteiger charge is 2.33. The summed E-state index contributed by atoms with van der Waals surface area (Å²) < 4.78 is 7.44. The fourth-order valence-corrected chi connectivity index (χ4v) is 3.81. The molecular formula is C20H30N4O2. The van der Waals surface area contributed by atoms with Gasteiger partial charge in [-0.3, -0.25) is 9.48 Å². The molecule has 3 rings (SSSR count). The first-order valence-corrected chi connectivity index (χ1v) is 9.39. The van der Waals surface area contributed by atoms with Gasteiger partial charge in [0, 0.05) is 43.5 Å². The van der Waals surface area contributed by atoms with Gasteiger partial charge in [-0.15, -0.1) is 0 Å². The summed E-state index contributed by atoms with van der Waals surface area (Å²) in [5.74, 6) is 0.0888. The topological polar surface area (TPSA) is 59.4 Å². The molecule has 0 unspecified atom stereocenters. The highest BCUT2D eigenvalue weighted by molar-refractivity contribution is 5.80. The van der Waals surface area contributed by atoms with Crippen molar-refractivity contribution in [2.45, 2.75) is 32.7 Å². The molecule has 1 aromatic carbocycles. The van der Waals surface area contributed by atoms with E-state index in [1.807, 2.05) is 10.9 Å². The summed E-state index contributed by atoms with van der Waals surface area (Å²) in [4.78, 5) is 14.6. The molecule has 2 heterocycles. The smallest absolute Gasteiger partial charge is 0.221 e. The highest BCUT2D eigenvalue weighted by atomic mass is 16.5. The minimum Gasteiger partial charge on any atom is -0.381 e. The SMILES string of the molecule is Cc1ccc2cnn(CCC(=O)NCC3(CN(C)C)CCOCC3)c2c1. The van der Waals surface area contributed by atoms with Gasteiger partial charge in [0.2, 0.25) is 5.91 Å². The monoisotopic (exact) mass is 358 g/mol. The lowest BCUT2D eigenvalue weighted by atomic mass is 9.79. The quantitative estimate of drug-likeness (QED) is 0.824. The van der Waals surface area contributed by atoms with Gasteiger partial charge in [-0.2, -0.15) is 5.10 Å². The van der Waals surface area contributed by atoms with Crippen LogP contribution in [0.3, 0.4) is 0 Å². The number of aromatic nitrogens is 2. The molecule has 1 fully saturated rings. The van der Waals surface area contributed by atoms with Crippen LogP contribution < -0.4 is 5.32 Å². The number of carbonyl (C=O) groups excluding carboxylic acids is 1. The molecule has 6 nitrogen and oxygen atoms in total. The number of hydrogen-bond acceptors (Lipinski definition) is 4. The van der Waals surface area contributed by atoms with Crippen molar-refractivity contribution in [2.75, 3.05) is 40.4 Å². The molecule has 0 aliphatic carbocycles. The number of nitrogens with zero attached hydrogens (tertiary/aromatic N) is 3. The summed E-state index contributed by atoms with van der Waals surface area (Å²) in [5.41, 5.74) is 2.41. The summed E-state index contributed by atoms with van der Waals surface area (Å²) >= 11 is 0. The molecule has 1 aromatic heterocycles. The lowest BCUT2D eigenvalue weighted by molar-refractivity contribution is -0.122. The van der Waals surface area contributed by atoms with Crippen LogP contribution in [0.2, 0.25) is 0 Å². The Bertz CT molecular complexity index is 747. The molecule has 0 atom stereocenters. The molecule has 1 saturated heterocycles. The Kier molecular flexibility index (Phi) is 5.94. The van der Waals surface area contributed by atoms with Gasteiger partial charge in [0.1, 0.15) is 0 Å². The highest BCUT2D eigenvalue weighted by Crippen LogP contribution is 2.30. The molecule has 1 N–H and O–H groups in total. The zero-order valence-electron chi connectivity index (χ0n) is 16.1. The number of hydrogen-bond donors (Lipinski definition) is 1. The van der Waals surface area contributed by atoms with Crippen LogP contribution in [0.4, 0.5) is 0 Å². The van der Waals surface area contributed by atoms with Crippen LogP contribution in [0.1, 0.15) is 24.8 Å². The average molecular weight is 358 g/mol. The molecule has 6 heteroatoms. The van der Waals surface area contributed by atoms with Crippen LogP contribution in [-0.2, 0) is 16.1 Å². The molecule has 0 bridgehead atoms. The lowest BCUT2D eigenvalue weighted by Gasteiger charge is -2.39. The fourth-order valence-electron chi connectivity index (χ4n) is 3.81. The first-order valence-electron chi connectivity index (χ1n) is 9.39. The van der Waals surface area contributed by atoms with Crippen molar-refractivity contribution in [1.29, 1.82) is 0 Å². The van der Waals surface area contributed by atoms with Gasteiger partial charge in [0.15, 0.2) is 0 Å². The third-order valence-corrected chi connectivity index (χ3v) is 5.22. The van der Waals surface area contributed by atoms with Crippen molar-refractivity contribution in [3.63, 3.8) is 0 Å². The standard InChI is InChI=1S/C20H30N4O2/c1-16-4-5-17-13-22-24(18(17)12-16)9-6-19(25)21-14-20(15-23(2)3)7-10-26-11-8-20/h4-5,12-13H,6-11,14-15H2,1-3H3,(H,21,25). The van der Waals surface area contributed by atoms with Crippen LogP contribution in [0.25, 0.3) is 10.9 Å². The van der Waals surface area contributed by atoms with Crippen LogP contribution in [0, 0.1) is 12.3 Å². The third-order valence-electron chi connectivity index (χ3n) is 5.22. The van der Waals surface area contributed by atoms with E-state index in [0.717, 1.165) is 43.5 Å². The molecule has 1 aliphatic rings. The van der Waals surface area contributed by atoms with Gasteiger partial charge in [-0.05, 0) is 45.5 Å². The first-order chi connectivity index (χ1) is 12.5. The molecule has 1 aliphatic heterocycles. The van der Waals surface area contributed by atoms with E-state index in [1.165, 1.54) is 5.56 Å². The number of rotatable bonds is 7. The second kappa shape index (κ2) is 8.18. The van der Waals surface area contributed by atoms with Gasteiger partial charge < -0.3 is 15.0 Å². The van der Waals surface area contributed by atoms with Crippen molar-refractivity contribution in [3.05, 3.63) is 30.0 Å². The van der Waals surface area contributed by atoms with E-state index in [0.29, 0.717) is 19.5 Å². The molecule has 1 amide bonds. The molecule has 26 heavy (non-hydrogen) atoms. The lowest BCUT2D eigenvalue weighted by Crippen LogP contribution is -2.47. The van der Waals surface area contributed by atoms with Crippen molar-refractivity contribution in [2.24, 2.45) is 5.41 Å². The van der Waals surface area contributed by atoms with E-state index >= 15 is 0 Å². The normalized spacial score (nSPS) is 16.9. The maximum Gasteiger partial charge on any atom is 0.221 e. The zero-order valence-corrected chi connectivity index (χ0v) is 16.1. The summed E-state index contributed by atoms with van der Waals surface area (Å²) in [7, 11) is 4.17. The number of amides is 1. The molecule has 0 spiro atoms. The van der Waals surface area contributed by atoms with Gasteiger partial charge in [-0.25, -0.2) is 0 Å². The van der Waals surface area contributed by atoms with Crippen molar-refractivity contribution in [3.8, 4) is 0 Å². The number of ether oxygens (including phenoxy) is 1.